The van der Waals surface area contributed by atoms with Gasteiger partial charge in [-0.3, -0.25) is 0 Å². The van der Waals surface area contributed by atoms with Crippen LogP contribution in [-0.4, -0.2) is 5.97 Å². The number of hydrogen-bond acceptors (Lipinski definition) is 6. The average Bonchev–Trinajstić information content (AvgIpc) is 3.11. The Morgan fingerprint density at radius 1 is 1.03 bits per heavy atom. The van der Waals surface area contributed by atoms with Crippen LogP contribution in [0.4, 0.5) is 0 Å². The second kappa shape index (κ2) is 7.91. The van der Waals surface area contributed by atoms with Gasteiger partial charge in [0.2, 0.25) is 0 Å². The number of carbonyl (C=O) groups is 1. The van der Waals surface area contributed by atoms with Crippen LogP contribution in [0.1, 0.15) is 38.6 Å². The highest BCUT2D eigenvalue weighted by molar-refractivity contribution is 5.83. The molecule has 4 rings (SSSR count). The summed E-state index contributed by atoms with van der Waals surface area (Å²) < 4.78 is 16.4. The van der Waals surface area contributed by atoms with E-state index in [1.165, 1.54) is 6.07 Å². The summed E-state index contributed by atoms with van der Waals surface area (Å²) in [6, 6.07) is 16.4. The number of aryl methyl sites for hydroxylation is 2. The van der Waals surface area contributed by atoms with Gasteiger partial charge in [-0.25, -0.2) is 4.79 Å². The molecule has 0 aliphatic heterocycles. The molecule has 4 aromatic rings. The lowest BCUT2D eigenvalue weighted by atomic mass is 10.00. The van der Waals surface area contributed by atoms with E-state index >= 15 is 0 Å². The van der Waals surface area contributed by atoms with Crippen molar-refractivity contribution in [3.8, 4) is 5.75 Å². The molecule has 2 aromatic heterocycles. The van der Waals surface area contributed by atoms with Gasteiger partial charge < -0.3 is 23.5 Å². The third-order valence-corrected chi connectivity index (χ3v) is 5.10. The number of rotatable bonds is 6. The van der Waals surface area contributed by atoms with Crippen molar-refractivity contribution in [1.82, 2.24) is 0 Å². The molecule has 0 spiro atoms. The van der Waals surface area contributed by atoms with E-state index in [1.54, 1.807) is 19.1 Å². The third kappa shape index (κ3) is 3.85. The van der Waals surface area contributed by atoms with Gasteiger partial charge in [0.1, 0.15) is 35.4 Å². The average molecular weight is 403 g/mol. The number of carbonyl (C=O) groups excluding carboxylic acids is 1. The Bertz CT molecular complexity index is 1280. The van der Waals surface area contributed by atoms with Gasteiger partial charge in [-0.2, -0.15) is 0 Å². The second-order valence-corrected chi connectivity index (χ2v) is 7.08. The van der Waals surface area contributed by atoms with Gasteiger partial charge in [0.05, 0.1) is 0 Å². The normalized spacial score (nSPS) is 11.0. The van der Waals surface area contributed by atoms with Crippen molar-refractivity contribution < 1.29 is 23.5 Å². The van der Waals surface area contributed by atoms with Crippen LogP contribution in [0.3, 0.4) is 0 Å². The Morgan fingerprint density at radius 3 is 2.50 bits per heavy atom. The van der Waals surface area contributed by atoms with E-state index in [-0.39, 0.29) is 18.0 Å². The van der Waals surface area contributed by atoms with Crippen LogP contribution in [0.5, 0.6) is 5.75 Å². The number of carboxylic acid groups (broad SMARTS) is 1. The number of ether oxygens (including phenoxy) is 1. The Hall–Kier alpha value is -3.80. The first kappa shape index (κ1) is 19.5. The van der Waals surface area contributed by atoms with Gasteiger partial charge >= 0.3 is 5.63 Å². The van der Waals surface area contributed by atoms with E-state index < -0.39 is 5.97 Å². The Labute approximate surface area is 172 Å². The fraction of sp³-hybridized carbons (Fsp3) is 0.167. The van der Waals surface area contributed by atoms with Crippen molar-refractivity contribution in [3.63, 3.8) is 0 Å². The molecule has 0 radical (unpaired) electrons. The zero-order valence-electron chi connectivity index (χ0n) is 16.6. The topological polar surface area (TPSA) is 92.7 Å². The highest BCUT2D eigenvalue weighted by Crippen LogP contribution is 2.26. The molecule has 30 heavy (non-hydrogen) atoms. The molecular formula is C24H19O6-. The first-order chi connectivity index (χ1) is 14.4. The summed E-state index contributed by atoms with van der Waals surface area (Å²) in [6.07, 6.45) is 0.504. The molecule has 0 N–H and O–H groups in total. The van der Waals surface area contributed by atoms with E-state index in [0.29, 0.717) is 34.6 Å². The summed E-state index contributed by atoms with van der Waals surface area (Å²) in [7, 11) is 0. The predicted molar refractivity (Wildman–Crippen MR) is 109 cm³/mol. The lowest BCUT2D eigenvalue weighted by Gasteiger charge is -2.10. The first-order valence-electron chi connectivity index (χ1n) is 9.46. The van der Waals surface area contributed by atoms with Crippen LogP contribution >= 0.6 is 0 Å². The van der Waals surface area contributed by atoms with Crippen molar-refractivity contribution in [2.45, 2.75) is 26.9 Å². The Kier molecular flexibility index (Phi) is 5.14. The number of fused-ring (bicyclic) bond motifs is 1. The Morgan fingerprint density at radius 2 is 1.80 bits per heavy atom. The molecule has 0 fully saturated rings. The largest absolute Gasteiger partial charge is 0.542 e. The van der Waals surface area contributed by atoms with Crippen LogP contribution in [-0.2, 0) is 13.0 Å². The molecule has 0 saturated heterocycles. The van der Waals surface area contributed by atoms with Crippen LogP contribution in [0, 0.1) is 13.8 Å². The summed E-state index contributed by atoms with van der Waals surface area (Å²) in [5.41, 5.74) is 3.22. The van der Waals surface area contributed by atoms with Crippen molar-refractivity contribution in [1.29, 1.82) is 0 Å². The fourth-order valence-corrected chi connectivity index (χ4v) is 3.39. The highest BCUT2D eigenvalue weighted by atomic mass is 16.5. The van der Waals surface area contributed by atoms with E-state index in [1.807, 2.05) is 43.3 Å². The lowest BCUT2D eigenvalue weighted by Crippen LogP contribution is -2.21. The zero-order valence-corrected chi connectivity index (χ0v) is 16.6. The van der Waals surface area contributed by atoms with Gasteiger partial charge in [-0.1, -0.05) is 30.3 Å². The minimum atomic E-state index is -1.38. The molecule has 2 heterocycles. The molecule has 0 bridgehead atoms. The molecule has 0 unspecified atom stereocenters. The lowest BCUT2D eigenvalue weighted by molar-refractivity contribution is -0.257. The summed E-state index contributed by atoms with van der Waals surface area (Å²) in [4.78, 5) is 23.5. The number of aromatic carboxylic acids is 1. The number of carboxylic acids is 1. The zero-order chi connectivity index (χ0) is 21.3. The van der Waals surface area contributed by atoms with E-state index in [9.17, 15) is 14.7 Å². The fourth-order valence-electron chi connectivity index (χ4n) is 3.39. The summed E-state index contributed by atoms with van der Waals surface area (Å²) in [5.74, 6) is -0.671. The number of benzene rings is 2. The smallest absolute Gasteiger partial charge is 0.340 e. The van der Waals surface area contributed by atoms with Gasteiger partial charge in [0, 0.05) is 29.0 Å². The molecule has 0 saturated carbocycles. The molecule has 0 atom stereocenters. The number of furan rings is 1. The van der Waals surface area contributed by atoms with Crippen molar-refractivity contribution in [2.24, 2.45) is 0 Å². The second-order valence-electron chi connectivity index (χ2n) is 7.08. The first-order valence-corrected chi connectivity index (χ1v) is 9.46. The predicted octanol–water partition coefficient (Wildman–Crippen LogP) is 3.54. The molecule has 0 amide bonds. The summed E-state index contributed by atoms with van der Waals surface area (Å²) in [5, 5.41) is 11.7. The van der Waals surface area contributed by atoms with Gasteiger partial charge in [-0.05, 0) is 43.2 Å². The maximum Gasteiger partial charge on any atom is 0.340 e. The number of hydrogen-bond donors (Lipinski definition) is 0. The summed E-state index contributed by atoms with van der Waals surface area (Å²) in [6.45, 7) is 3.68. The van der Waals surface area contributed by atoms with Crippen LogP contribution < -0.4 is 15.5 Å². The molecule has 6 nitrogen and oxygen atoms in total. The van der Waals surface area contributed by atoms with Crippen molar-refractivity contribution in [3.05, 3.63) is 98.8 Å². The SMILES string of the molecule is Cc1oc(C(=O)[O-])cc1COc1ccc2c(C)c(Cc3ccccc3)c(=O)oc2c1. The molecule has 152 valence electrons. The minimum Gasteiger partial charge on any atom is -0.542 e. The van der Waals surface area contributed by atoms with Crippen LogP contribution in [0.25, 0.3) is 11.0 Å². The van der Waals surface area contributed by atoms with Crippen LogP contribution in [0.15, 0.2) is 68.2 Å². The minimum absolute atomic E-state index is 0.115. The molecule has 6 heteroatoms. The quantitative estimate of drug-likeness (QED) is 0.457. The standard InChI is InChI=1S/C24H20O6/c1-14-19-9-8-18(28-13-17-11-22(23(25)26)29-15(17)2)12-21(19)30-24(27)20(14)10-16-6-4-3-5-7-16/h3-9,11-12H,10,13H2,1-2H3,(H,25,26)/p-1. The Balaban J connectivity index is 1.59. The third-order valence-electron chi connectivity index (χ3n) is 5.10. The van der Waals surface area contributed by atoms with E-state index in [4.69, 9.17) is 13.6 Å². The summed E-state index contributed by atoms with van der Waals surface area (Å²) >= 11 is 0. The van der Waals surface area contributed by atoms with E-state index in [2.05, 4.69) is 0 Å². The van der Waals surface area contributed by atoms with E-state index in [0.717, 1.165) is 16.5 Å². The monoisotopic (exact) mass is 403 g/mol. The van der Waals surface area contributed by atoms with Crippen molar-refractivity contribution >= 4 is 16.9 Å². The molecular weight excluding hydrogens is 384 g/mol. The van der Waals surface area contributed by atoms with Gasteiger partial charge in [0.15, 0.2) is 0 Å². The van der Waals surface area contributed by atoms with Gasteiger partial charge in [0.25, 0.3) is 0 Å². The molecule has 2 aromatic carbocycles. The maximum absolute atomic E-state index is 12.6. The molecule has 0 aliphatic rings. The molecule has 0 aliphatic carbocycles. The van der Waals surface area contributed by atoms with Gasteiger partial charge in [-0.15, -0.1) is 0 Å². The van der Waals surface area contributed by atoms with Crippen LogP contribution in [0.2, 0.25) is 0 Å². The van der Waals surface area contributed by atoms with Crippen molar-refractivity contribution in [2.75, 3.05) is 0 Å². The highest BCUT2D eigenvalue weighted by Gasteiger charge is 2.14. The maximum atomic E-state index is 12.6.